The summed E-state index contributed by atoms with van der Waals surface area (Å²) < 4.78 is 11.3. The first-order valence-electron chi connectivity index (χ1n) is 8.81. The lowest BCUT2D eigenvalue weighted by atomic mass is 9.73. The summed E-state index contributed by atoms with van der Waals surface area (Å²) in [5.41, 5.74) is 4.39. The number of methoxy groups -OCH3 is 1. The van der Waals surface area contributed by atoms with Gasteiger partial charge < -0.3 is 14.8 Å². The molecule has 2 aromatic rings. The normalized spacial score (nSPS) is 16.5. The summed E-state index contributed by atoms with van der Waals surface area (Å²) in [6, 6.07) is 8.39. The van der Waals surface area contributed by atoms with Crippen LogP contribution in [0.3, 0.4) is 0 Å². The zero-order valence-corrected chi connectivity index (χ0v) is 15.6. The average Bonchev–Trinajstić information content (AvgIpc) is 2.60. The van der Waals surface area contributed by atoms with Gasteiger partial charge in [-0.05, 0) is 45.7 Å². The van der Waals surface area contributed by atoms with Gasteiger partial charge in [-0.1, -0.05) is 17.7 Å². The monoisotopic (exact) mass is 341 g/mol. The van der Waals surface area contributed by atoms with Crippen molar-refractivity contribution in [3.05, 3.63) is 46.8 Å². The second-order valence-corrected chi connectivity index (χ2v) is 6.92. The molecule has 25 heavy (non-hydrogen) atoms. The minimum absolute atomic E-state index is 0.0450. The Kier molecular flexibility index (Phi) is 5.23. The molecule has 1 aliphatic rings. The third-order valence-corrected chi connectivity index (χ3v) is 4.94. The largest absolute Gasteiger partial charge is 0.496 e. The molecular weight excluding hydrogens is 314 g/mol. The molecule has 0 saturated carbocycles. The van der Waals surface area contributed by atoms with Crippen LogP contribution in [0.5, 0.6) is 5.75 Å². The van der Waals surface area contributed by atoms with Crippen LogP contribution in [0.4, 0.5) is 5.95 Å². The molecule has 0 amide bonds. The number of rotatable bonds is 5. The van der Waals surface area contributed by atoms with Gasteiger partial charge in [0.05, 0.1) is 7.11 Å². The summed E-state index contributed by atoms with van der Waals surface area (Å²) in [4.78, 5) is 9.04. The minimum atomic E-state index is -0.0450. The van der Waals surface area contributed by atoms with E-state index in [1.165, 1.54) is 11.1 Å². The lowest BCUT2D eigenvalue weighted by molar-refractivity contribution is 0.0535. The van der Waals surface area contributed by atoms with Crippen LogP contribution in [0.15, 0.2) is 24.3 Å². The second-order valence-electron chi connectivity index (χ2n) is 6.92. The van der Waals surface area contributed by atoms with E-state index in [1.54, 1.807) is 7.11 Å². The van der Waals surface area contributed by atoms with E-state index in [0.29, 0.717) is 5.95 Å². The quantitative estimate of drug-likeness (QED) is 0.901. The van der Waals surface area contributed by atoms with Crippen molar-refractivity contribution in [2.75, 3.05) is 32.2 Å². The highest BCUT2D eigenvalue weighted by Gasteiger charge is 2.37. The molecular formula is C20H27N3O2. The molecule has 0 radical (unpaired) electrons. The average molecular weight is 341 g/mol. The van der Waals surface area contributed by atoms with Crippen molar-refractivity contribution in [2.24, 2.45) is 0 Å². The van der Waals surface area contributed by atoms with Gasteiger partial charge in [-0.15, -0.1) is 0 Å². The van der Waals surface area contributed by atoms with E-state index in [4.69, 9.17) is 9.47 Å². The van der Waals surface area contributed by atoms with Crippen molar-refractivity contribution in [1.82, 2.24) is 9.97 Å². The lowest BCUT2D eigenvalue weighted by Gasteiger charge is -2.38. The van der Waals surface area contributed by atoms with Crippen molar-refractivity contribution in [1.29, 1.82) is 0 Å². The fourth-order valence-electron chi connectivity index (χ4n) is 3.59. The van der Waals surface area contributed by atoms with E-state index in [9.17, 15) is 0 Å². The Hall–Kier alpha value is -2.14. The van der Waals surface area contributed by atoms with Crippen molar-refractivity contribution in [3.8, 4) is 5.75 Å². The Morgan fingerprint density at radius 2 is 1.76 bits per heavy atom. The van der Waals surface area contributed by atoms with Crippen LogP contribution in [0.2, 0.25) is 0 Å². The van der Waals surface area contributed by atoms with Gasteiger partial charge in [-0.25, -0.2) is 9.97 Å². The van der Waals surface area contributed by atoms with E-state index in [2.05, 4.69) is 40.4 Å². The Balaban J connectivity index is 1.92. The van der Waals surface area contributed by atoms with Gasteiger partial charge >= 0.3 is 0 Å². The predicted octanol–water partition coefficient (Wildman–Crippen LogP) is 3.57. The molecule has 1 aromatic carbocycles. The molecule has 0 bridgehead atoms. The molecule has 1 saturated heterocycles. The van der Waals surface area contributed by atoms with Gasteiger partial charge in [-0.3, -0.25) is 0 Å². The van der Waals surface area contributed by atoms with Crippen LogP contribution in [-0.2, 0) is 10.2 Å². The molecule has 134 valence electrons. The Bertz CT molecular complexity index is 719. The topological polar surface area (TPSA) is 56.3 Å². The van der Waals surface area contributed by atoms with Crippen LogP contribution in [-0.4, -0.2) is 36.8 Å². The third kappa shape index (κ3) is 3.93. The van der Waals surface area contributed by atoms with Crippen LogP contribution < -0.4 is 10.1 Å². The minimum Gasteiger partial charge on any atom is -0.496 e. The van der Waals surface area contributed by atoms with Gasteiger partial charge in [0, 0.05) is 42.1 Å². The van der Waals surface area contributed by atoms with Crippen molar-refractivity contribution >= 4 is 5.95 Å². The first kappa shape index (κ1) is 17.7. The van der Waals surface area contributed by atoms with Gasteiger partial charge in [0.1, 0.15) is 5.75 Å². The summed E-state index contributed by atoms with van der Waals surface area (Å²) in [5, 5.41) is 3.47. The number of ether oxygens (including phenoxy) is 2. The van der Waals surface area contributed by atoms with E-state index in [1.807, 2.05) is 19.9 Å². The van der Waals surface area contributed by atoms with Crippen LogP contribution in [0.1, 0.15) is 35.4 Å². The molecule has 5 nitrogen and oxygen atoms in total. The third-order valence-electron chi connectivity index (χ3n) is 4.94. The fourth-order valence-corrected chi connectivity index (χ4v) is 3.59. The van der Waals surface area contributed by atoms with Gasteiger partial charge in [-0.2, -0.15) is 0 Å². The number of nitrogens with zero attached hydrogens (tertiary/aromatic N) is 2. The van der Waals surface area contributed by atoms with Crippen LogP contribution >= 0.6 is 0 Å². The van der Waals surface area contributed by atoms with Crippen LogP contribution in [0.25, 0.3) is 0 Å². The maximum absolute atomic E-state index is 5.67. The summed E-state index contributed by atoms with van der Waals surface area (Å²) >= 11 is 0. The molecule has 3 rings (SSSR count). The predicted molar refractivity (Wildman–Crippen MR) is 99.5 cm³/mol. The highest BCUT2D eigenvalue weighted by Crippen LogP contribution is 2.40. The zero-order chi connectivity index (χ0) is 17.9. The maximum atomic E-state index is 5.67. The first-order chi connectivity index (χ1) is 12.0. The van der Waals surface area contributed by atoms with E-state index < -0.39 is 0 Å². The van der Waals surface area contributed by atoms with Crippen LogP contribution in [0, 0.1) is 20.8 Å². The number of nitrogens with one attached hydrogen (secondary N) is 1. The number of anilines is 1. The van der Waals surface area contributed by atoms with E-state index in [-0.39, 0.29) is 5.41 Å². The number of hydrogen-bond donors (Lipinski definition) is 1. The van der Waals surface area contributed by atoms with Crippen molar-refractivity contribution < 1.29 is 9.47 Å². The standard InChI is InChI=1S/C20H27N3O2/c1-14-5-6-18(24-4)17(11-14)20(7-9-25-10-8-20)13-21-19-22-15(2)12-16(3)23-19/h5-6,11-12H,7-10,13H2,1-4H3,(H,21,22,23). The lowest BCUT2D eigenvalue weighted by Crippen LogP contribution is -2.40. The second kappa shape index (κ2) is 7.40. The Morgan fingerprint density at radius 1 is 1.08 bits per heavy atom. The van der Waals surface area contributed by atoms with Gasteiger partial charge in [0.15, 0.2) is 0 Å². The number of hydrogen-bond acceptors (Lipinski definition) is 5. The van der Waals surface area contributed by atoms with Gasteiger partial charge in [0.25, 0.3) is 0 Å². The summed E-state index contributed by atoms with van der Waals surface area (Å²) in [6.07, 6.45) is 1.90. The molecule has 2 heterocycles. The molecule has 5 heteroatoms. The number of aryl methyl sites for hydroxylation is 3. The Morgan fingerprint density at radius 3 is 2.40 bits per heavy atom. The molecule has 1 N–H and O–H groups in total. The summed E-state index contributed by atoms with van der Waals surface area (Å²) in [6.45, 7) is 8.38. The highest BCUT2D eigenvalue weighted by atomic mass is 16.5. The zero-order valence-electron chi connectivity index (χ0n) is 15.6. The Labute approximate surface area is 149 Å². The molecule has 0 aliphatic carbocycles. The summed E-state index contributed by atoms with van der Waals surface area (Å²) in [5.74, 6) is 1.63. The SMILES string of the molecule is COc1ccc(C)cc1C1(CNc2nc(C)cc(C)n2)CCOCC1. The molecule has 1 aliphatic heterocycles. The first-order valence-corrected chi connectivity index (χ1v) is 8.81. The van der Waals surface area contributed by atoms with E-state index in [0.717, 1.165) is 49.7 Å². The smallest absolute Gasteiger partial charge is 0.223 e. The molecule has 0 atom stereocenters. The maximum Gasteiger partial charge on any atom is 0.223 e. The number of benzene rings is 1. The summed E-state index contributed by atoms with van der Waals surface area (Å²) in [7, 11) is 1.74. The fraction of sp³-hybridized carbons (Fsp3) is 0.500. The molecule has 0 unspecified atom stereocenters. The highest BCUT2D eigenvalue weighted by molar-refractivity contribution is 5.44. The molecule has 1 aromatic heterocycles. The number of aromatic nitrogens is 2. The molecule has 0 spiro atoms. The van der Waals surface area contributed by atoms with Crippen molar-refractivity contribution in [3.63, 3.8) is 0 Å². The molecule has 1 fully saturated rings. The van der Waals surface area contributed by atoms with Crippen molar-refractivity contribution in [2.45, 2.75) is 39.0 Å². The van der Waals surface area contributed by atoms with Gasteiger partial charge in [0.2, 0.25) is 5.95 Å². The van der Waals surface area contributed by atoms with E-state index >= 15 is 0 Å².